The number of aryl methyl sites for hydroxylation is 1. The SMILES string of the molecule is CCc1ccccc1NC(=O)C1CCCN(S(=O)(=O)Cc2ccc(Cl)c(Cl)c2)C1. The standard InChI is InChI=1S/C21H24Cl2N2O3S/c1-2-16-6-3-4-8-20(16)24-21(26)17-7-5-11-25(13-17)29(27,28)14-15-9-10-18(22)19(23)12-15/h3-4,6,8-10,12,17H,2,5,7,11,13-14H2,1H3,(H,24,26). The molecule has 156 valence electrons. The number of rotatable bonds is 6. The summed E-state index contributed by atoms with van der Waals surface area (Å²) in [5, 5.41) is 3.68. The summed E-state index contributed by atoms with van der Waals surface area (Å²) in [4.78, 5) is 12.8. The average molecular weight is 455 g/mol. The van der Waals surface area contributed by atoms with Crippen molar-refractivity contribution in [3.05, 3.63) is 63.6 Å². The molecule has 0 aliphatic carbocycles. The third kappa shape index (κ3) is 5.51. The number of nitrogens with one attached hydrogen (secondary N) is 1. The van der Waals surface area contributed by atoms with Gasteiger partial charge in [-0.1, -0.05) is 54.4 Å². The Bertz CT molecular complexity index is 995. The molecule has 1 fully saturated rings. The Labute approximate surface area is 182 Å². The molecule has 8 heteroatoms. The van der Waals surface area contributed by atoms with Gasteiger partial charge in [-0.05, 0) is 48.6 Å². The van der Waals surface area contributed by atoms with E-state index in [1.807, 2.05) is 31.2 Å². The first-order valence-electron chi connectivity index (χ1n) is 9.60. The van der Waals surface area contributed by atoms with Gasteiger partial charge in [0.05, 0.1) is 21.7 Å². The van der Waals surface area contributed by atoms with Gasteiger partial charge < -0.3 is 5.32 Å². The molecule has 2 aromatic carbocycles. The Hall–Kier alpha value is -1.60. The maximum absolute atomic E-state index is 12.9. The molecular formula is C21H24Cl2N2O3S. The van der Waals surface area contributed by atoms with Gasteiger partial charge >= 0.3 is 0 Å². The van der Waals surface area contributed by atoms with E-state index >= 15 is 0 Å². The van der Waals surface area contributed by atoms with Crippen LogP contribution >= 0.6 is 23.2 Å². The van der Waals surface area contributed by atoms with Crippen molar-refractivity contribution in [2.45, 2.75) is 31.9 Å². The number of nitrogens with zero attached hydrogens (tertiary/aromatic N) is 1. The van der Waals surface area contributed by atoms with Gasteiger partial charge in [0.15, 0.2) is 0 Å². The number of halogens is 2. The van der Waals surface area contributed by atoms with Crippen LogP contribution in [-0.4, -0.2) is 31.7 Å². The lowest BCUT2D eigenvalue weighted by Gasteiger charge is -2.31. The molecule has 1 unspecified atom stereocenters. The van der Waals surface area contributed by atoms with Crippen LogP contribution in [0.3, 0.4) is 0 Å². The average Bonchev–Trinajstić information content (AvgIpc) is 2.71. The van der Waals surface area contributed by atoms with E-state index in [4.69, 9.17) is 23.2 Å². The zero-order chi connectivity index (χ0) is 21.0. The molecular weight excluding hydrogens is 431 g/mol. The highest BCUT2D eigenvalue weighted by Crippen LogP contribution is 2.27. The summed E-state index contributed by atoms with van der Waals surface area (Å²) in [7, 11) is -3.57. The van der Waals surface area contributed by atoms with Gasteiger partial charge in [-0.25, -0.2) is 12.7 Å². The fourth-order valence-electron chi connectivity index (χ4n) is 3.53. The molecule has 0 bridgehead atoms. The molecule has 1 atom stereocenters. The van der Waals surface area contributed by atoms with Crippen molar-refractivity contribution in [1.82, 2.24) is 4.31 Å². The van der Waals surface area contributed by atoms with Crippen LogP contribution < -0.4 is 5.32 Å². The van der Waals surface area contributed by atoms with Gasteiger partial charge in [-0.15, -0.1) is 0 Å². The molecule has 1 amide bonds. The summed E-state index contributed by atoms with van der Waals surface area (Å²) < 4.78 is 27.2. The zero-order valence-electron chi connectivity index (χ0n) is 16.2. The highest BCUT2D eigenvalue weighted by Gasteiger charge is 2.32. The van der Waals surface area contributed by atoms with E-state index in [2.05, 4.69) is 5.32 Å². The molecule has 3 rings (SSSR count). The highest BCUT2D eigenvalue weighted by atomic mass is 35.5. The van der Waals surface area contributed by atoms with Crippen molar-refractivity contribution in [3.63, 3.8) is 0 Å². The Balaban J connectivity index is 1.68. The van der Waals surface area contributed by atoms with E-state index in [9.17, 15) is 13.2 Å². The van der Waals surface area contributed by atoms with Crippen LogP contribution in [0, 0.1) is 5.92 Å². The van der Waals surface area contributed by atoms with Crippen molar-refractivity contribution in [1.29, 1.82) is 0 Å². The molecule has 1 N–H and O–H groups in total. The molecule has 29 heavy (non-hydrogen) atoms. The second kappa shape index (κ2) is 9.47. The number of piperidine rings is 1. The fourth-order valence-corrected chi connectivity index (χ4v) is 5.44. The topological polar surface area (TPSA) is 66.5 Å². The van der Waals surface area contributed by atoms with Crippen molar-refractivity contribution in [2.24, 2.45) is 5.92 Å². The van der Waals surface area contributed by atoms with Gasteiger partial charge in [-0.2, -0.15) is 0 Å². The first-order chi connectivity index (χ1) is 13.8. The molecule has 2 aromatic rings. The number of hydrogen-bond donors (Lipinski definition) is 1. The Morgan fingerprint density at radius 2 is 1.93 bits per heavy atom. The first-order valence-corrected chi connectivity index (χ1v) is 12.0. The third-order valence-electron chi connectivity index (χ3n) is 5.14. The fraction of sp³-hybridized carbons (Fsp3) is 0.381. The van der Waals surface area contributed by atoms with E-state index in [0.29, 0.717) is 35.0 Å². The number of hydrogen-bond acceptors (Lipinski definition) is 3. The maximum atomic E-state index is 12.9. The zero-order valence-corrected chi connectivity index (χ0v) is 18.5. The van der Waals surface area contributed by atoms with Crippen LogP contribution in [0.25, 0.3) is 0 Å². The lowest BCUT2D eigenvalue weighted by molar-refractivity contribution is -0.120. The van der Waals surface area contributed by atoms with Gasteiger partial charge in [0.25, 0.3) is 0 Å². The minimum atomic E-state index is -3.57. The van der Waals surface area contributed by atoms with Crippen molar-refractivity contribution in [2.75, 3.05) is 18.4 Å². The van der Waals surface area contributed by atoms with Crippen LogP contribution in [0.4, 0.5) is 5.69 Å². The number of amides is 1. The smallest absolute Gasteiger partial charge is 0.228 e. The summed E-state index contributed by atoms with van der Waals surface area (Å²) in [5.74, 6) is -0.686. The molecule has 5 nitrogen and oxygen atoms in total. The normalized spacial score (nSPS) is 17.8. The number of carbonyl (C=O) groups is 1. The minimum Gasteiger partial charge on any atom is -0.326 e. The molecule has 1 heterocycles. The van der Waals surface area contributed by atoms with Crippen molar-refractivity contribution in [3.8, 4) is 0 Å². The molecule has 0 radical (unpaired) electrons. The summed E-state index contributed by atoms with van der Waals surface area (Å²) >= 11 is 11.9. The van der Waals surface area contributed by atoms with E-state index < -0.39 is 10.0 Å². The summed E-state index contributed by atoms with van der Waals surface area (Å²) in [5.41, 5.74) is 2.42. The number of para-hydroxylation sites is 1. The van der Waals surface area contributed by atoms with E-state index in [0.717, 1.165) is 17.7 Å². The largest absolute Gasteiger partial charge is 0.326 e. The Kier molecular flexibility index (Phi) is 7.22. The lowest BCUT2D eigenvalue weighted by Crippen LogP contribution is -2.44. The van der Waals surface area contributed by atoms with E-state index in [1.165, 1.54) is 4.31 Å². The summed E-state index contributed by atoms with van der Waals surface area (Å²) in [6.07, 6.45) is 2.12. The minimum absolute atomic E-state index is 0.139. The third-order valence-corrected chi connectivity index (χ3v) is 7.69. The van der Waals surface area contributed by atoms with Crippen LogP contribution in [0.15, 0.2) is 42.5 Å². The number of benzene rings is 2. The monoisotopic (exact) mass is 454 g/mol. The quantitative estimate of drug-likeness (QED) is 0.685. The second-order valence-corrected chi connectivity index (χ2v) is 9.99. The highest BCUT2D eigenvalue weighted by molar-refractivity contribution is 7.88. The Morgan fingerprint density at radius 3 is 2.66 bits per heavy atom. The molecule has 1 aliphatic heterocycles. The number of sulfonamides is 1. The van der Waals surface area contributed by atoms with Gasteiger partial charge in [-0.3, -0.25) is 4.79 Å². The predicted molar refractivity (Wildman–Crippen MR) is 118 cm³/mol. The molecule has 0 aromatic heterocycles. The van der Waals surface area contributed by atoms with Gasteiger partial charge in [0.1, 0.15) is 0 Å². The van der Waals surface area contributed by atoms with Crippen molar-refractivity contribution < 1.29 is 13.2 Å². The molecule has 1 aliphatic rings. The maximum Gasteiger partial charge on any atom is 0.228 e. The second-order valence-electron chi connectivity index (χ2n) is 7.20. The van der Waals surface area contributed by atoms with Gasteiger partial charge in [0.2, 0.25) is 15.9 Å². The summed E-state index contributed by atoms with van der Waals surface area (Å²) in [6, 6.07) is 12.5. The lowest BCUT2D eigenvalue weighted by atomic mass is 9.98. The Morgan fingerprint density at radius 1 is 1.17 bits per heavy atom. The van der Waals surface area contributed by atoms with E-state index in [-0.39, 0.29) is 24.1 Å². The van der Waals surface area contributed by atoms with E-state index in [1.54, 1.807) is 18.2 Å². The van der Waals surface area contributed by atoms with Crippen LogP contribution in [0.2, 0.25) is 10.0 Å². The van der Waals surface area contributed by atoms with Crippen molar-refractivity contribution >= 4 is 44.8 Å². The van der Waals surface area contributed by atoms with Crippen LogP contribution in [0.1, 0.15) is 30.9 Å². The first kappa shape index (κ1) is 22.1. The molecule has 0 spiro atoms. The van der Waals surface area contributed by atoms with Crippen LogP contribution in [0.5, 0.6) is 0 Å². The van der Waals surface area contributed by atoms with Gasteiger partial charge in [0, 0.05) is 18.8 Å². The molecule has 0 saturated carbocycles. The predicted octanol–water partition coefficient (Wildman–Crippen LogP) is 4.74. The number of carbonyl (C=O) groups excluding carboxylic acids is 1. The molecule has 1 saturated heterocycles. The summed E-state index contributed by atoms with van der Waals surface area (Å²) in [6.45, 7) is 2.63. The number of anilines is 1. The van der Waals surface area contributed by atoms with Crippen LogP contribution in [-0.2, 0) is 27.0 Å².